The van der Waals surface area contributed by atoms with E-state index in [4.69, 9.17) is 49.2 Å². The van der Waals surface area contributed by atoms with Crippen LogP contribution in [0.4, 0.5) is 4.79 Å². The number of carbonyl (C=O) groups excluding carboxylic acids is 1. The molecule has 0 rings (SSSR count). The molecule has 0 unspecified atom stereocenters. The van der Waals surface area contributed by atoms with E-state index >= 15 is 0 Å². The van der Waals surface area contributed by atoms with Crippen molar-refractivity contribution >= 4 is 6.09 Å². The molecule has 0 bridgehead atoms. The van der Waals surface area contributed by atoms with E-state index in [0.717, 1.165) is 0 Å². The monoisotopic (exact) mass is 482 g/mol. The first-order valence-corrected chi connectivity index (χ1v) is 10.8. The van der Waals surface area contributed by atoms with Crippen molar-refractivity contribution in [2.75, 3.05) is 119 Å². The van der Waals surface area contributed by atoms with Gasteiger partial charge in [0.25, 0.3) is 0 Å². The molecule has 0 aliphatic carbocycles. The molecule has 0 aromatic rings. The van der Waals surface area contributed by atoms with Crippen LogP contribution < -0.4 is 5.73 Å². The summed E-state index contributed by atoms with van der Waals surface area (Å²) in [6.45, 7) is 7.70. The summed E-state index contributed by atoms with van der Waals surface area (Å²) in [7, 11) is 0. The zero-order chi connectivity index (χ0) is 24.1. The van der Waals surface area contributed by atoms with Gasteiger partial charge in [-0.05, 0) is 5.53 Å². The predicted octanol–water partition coefficient (Wildman–Crippen LogP) is 0.525. The molecule has 0 aliphatic heterocycles. The SMILES string of the molecule is [N-]=[N+]=NCCOCCOCCOCCOCCOCCOCCOCCOCCOC(N)=O. The Bertz CT molecular complexity index is 444. The van der Waals surface area contributed by atoms with Gasteiger partial charge in [0.1, 0.15) is 6.61 Å². The van der Waals surface area contributed by atoms with Gasteiger partial charge in [0, 0.05) is 11.5 Å². The van der Waals surface area contributed by atoms with E-state index in [1.54, 1.807) is 0 Å². The van der Waals surface area contributed by atoms with Crippen LogP contribution in [-0.4, -0.2) is 125 Å². The number of azide groups is 1. The maximum Gasteiger partial charge on any atom is 0.404 e. The minimum absolute atomic E-state index is 0.133. The third-order valence-corrected chi connectivity index (χ3v) is 3.47. The predicted molar refractivity (Wildman–Crippen MR) is 116 cm³/mol. The van der Waals surface area contributed by atoms with Crippen LogP contribution in [-0.2, 0) is 42.6 Å². The van der Waals surface area contributed by atoms with E-state index in [1.807, 2.05) is 0 Å². The molecule has 0 radical (unpaired) electrons. The molecule has 0 aromatic carbocycles. The van der Waals surface area contributed by atoms with E-state index in [0.29, 0.717) is 106 Å². The summed E-state index contributed by atoms with van der Waals surface area (Å²) in [5.74, 6) is 0. The van der Waals surface area contributed by atoms with Crippen molar-refractivity contribution in [1.82, 2.24) is 0 Å². The van der Waals surface area contributed by atoms with Crippen molar-refractivity contribution in [3.05, 3.63) is 10.4 Å². The maximum absolute atomic E-state index is 10.3. The first-order valence-electron chi connectivity index (χ1n) is 10.8. The van der Waals surface area contributed by atoms with Crippen molar-refractivity contribution in [3.8, 4) is 0 Å². The van der Waals surface area contributed by atoms with Crippen LogP contribution in [0.25, 0.3) is 10.4 Å². The largest absolute Gasteiger partial charge is 0.447 e. The van der Waals surface area contributed by atoms with Crippen LogP contribution >= 0.6 is 0 Å². The van der Waals surface area contributed by atoms with Gasteiger partial charge in [-0.3, -0.25) is 0 Å². The Balaban J connectivity index is 3.02. The van der Waals surface area contributed by atoms with Crippen LogP contribution in [0.2, 0.25) is 0 Å². The van der Waals surface area contributed by atoms with Crippen LogP contribution in [0, 0.1) is 0 Å². The number of nitrogens with zero attached hydrogens (tertiary/aromatic N) is 3. The summed E-state index contributed by atoms with van der Waals surface area (Å²) < 4.78 is 47.1. The van der Waals surface area contributed by atoms with E-state index in [-0.39, 0.29) is 13.2 Å². The Hall–Kier alpha value is -1.74. The van der Waals surface area contributed by atoms with Crippen molar-refractivity contribution in [3.63, 3.8) is 0 Å². The fraction of sp³-hybridized carbons (Fsp3) is 0.947. The molecule has 0 fully saturated rings. The Labute approximate surface area is 194 Å². The lowest BCUT2D eigenvalue weighted by Gasteiger charge is -2.08. The number of ether oxygens (including phenoxy) is 9. The lowest BCUT2D eigenvalue weighted by atomic mass is 10.6. The highest BCUT2D eigenvalue weighted by atomic mass is 16.6. The summed E-state index contributed by atoms with van der Waals surface area (Å²) in [5, 5.41) is 3.36. The second-order valence-corrected chi connectivity index (χ2v) is 6.02. The van der Waals surface area contributed by atoms with Crippen molar-refractivity contribution in [1.29, 1.82) is 0 Å². The topological polar surface area (TPSA) is 175 Å². The quantitative estimate of drug-likeness (QED) is 0.0752. The smallest absolute Gasteiger partial charge is 0.404 e. The number of hydrogen-bond acceptors (Lipinski definition) is 11. The Morgan fingerprint density at radius 2 is 0.818 bits per heavy atom. The average molecular weight is 483 g/mol. The van der Waals surface area contributed by atoms with Crippen LogP contribution in [0.1, 0.15) is 0 Å². The first kappa shape index (κ1) is 31.3. The number of carbonyl (C=O) groups is 1. The second kappa shape index (κ2) is 28.3. The summed E-state index contributed by atoms with van der Waals surface area (Å²) in [6, 6.07) is 0. The molecular formula is C19H38N4O10. The molecule has 0 heterocycles. The van der Waals surface area contributed by atoms with Crippen molar-refractivity contribution < 1.29 is 47.4 Å². The summed E-state index contributed by atoms with van der Waals surface area (Å²) in [4.78, 5) is 12.9. The third kappa shape index (κ3) is 30.3. The van der Waals surface area contributed by atoms with Crippen LogP contribution in [0.5, 0.6) is 0 Å². The van der Waals surface area contributed by atoms with Gasteiger partial charge in [0.05, 0.1) is 106 Å². The van der Waals surface area contributed by atoms with E-state index in [2.05, 4.69) is 14.8 Å². The minimum Gasteiger partial charge on any atom is -0.447 e. The Morgan fingerprint density at radius 1 is 0.545 bits per heavy atom. The number of rotatable bonds is 27. The minimum atomic E-state index is -0.813. The normalized spacial score (nSPS) is 10.8. The number of amides is 1. The highest BCUT2D eigenvalue weighted by Crippen LogP contribution is 1.86. The number of primary amides is 1. The highest BCUT2D eigenvalue weighted by molar-refractivity contribution is 5.64. The molecule has 0 spiro atoms. The average Bonchev–Trinajstić information content (AvgIpc) is 2.80. The van der Waals surface area contributed by atoms with E-state index in [9.17, 15) is 4.79 Å². The number of nitrogens with two attached hydrogens (primary N) is 1. The van der Waals surface area contributed by atoms with Crippen molar-refractivity contribution in [2.24, 2.45) is 10.8 Å². The summed E-state index contributed by atoms with van der Waals surface area (Å²) in [5.41, 5.74) is 12.9. The lowest BCUT2D eigenvalue weighted by molar-refractivity contribution is -0.0238. The molecule has 194 valence electrons. The van der Waals surface area contributed by atoms with Gasteiger partial charge in [-0.25, -0.2) is 4.79 Å². The summed E-state index contributed by atoms with van der Waals surface area (Å²) in [6.07, 6.45) is -0.813. The van der Waals surface area contributed by atoms with Gasteiger partial charge in [-0.1, -0.05) is 5.11 Å². The fourth-order valence-corrected chi connectivity index (χ4v) is 1.99. The molecule has 14 heteroatoms. The fourth-order valence-electron chi connectivity index (χ4n) is 1.99. The van der Waals surface area contributed by atoms with Crippen molar-refractivity contribution in [2.45, 2.75) is 0 Å². The van der Waals surface area contributed by atoms with Gasteiger partial charge < -0.3 is 48.4 Å². The van der Waals surface area contributed by atoms with Crippen LogP contribution in [0.15, 0.2) is 5.11 Å². The van der Waals surface area contributed by atoms with Crippen LogP contribution in [0.3, 0.4) is 0 Å². The number of hydrogen-bond donors (Lipinski definition) is 1. The highest BCUT2D eigenvalue weighted by Gasteiger charge is 1.96. The van der Waals surface area contributed by atoms with Gasteiger partial charge in [-0.15, -0.1) is 0 Å². The molecule has 0 aliphatic rings. The Kier molecular flexibility index (Phi) is 26.8. The van der Waals surface area contributed by atoms with Gasteiger partial charge >= 0.3 is 6.09 Å². The van der Waals surface area contributed by atoms with E-state index < -0.39 is 6.09 Å². The summed E-state index contributed by atoms with van der Waals surface area (Å²) >= 11 is 0. The van der Waals surface area contributed by atoms with Gasteiger partial charge in [-0.2, -0.15) is 0 Å². The zero-order valence-electron chi connectivity index (χ0n) is 19.2. The molecule has 0 aromatic heterocycles. The van der Waals surface area contributed by atoms with Gasteiger partial charge in [0.15, 0.2) is 0 Å². The molecule has 14 nitrogen and oxygen atoms in total. The molecule has 0 atom stereocenters. The second-order valence-electron chi connectivity index (χ2n) is 6.02. The molecular weight excluding hydrogens is 444 g/mol. The molecule has 0 saturated heterocycles. The standard InChI is InChI=1S/C19H38N4O10/c20-19(24)33-18-17-32-16-15-31-14-13-30-12-11-29-10-9-28-8-7-27-6-5-26-4-3-25-2-1-22-23-21/h1-18H2,(H2,20,24). The molecule has 2 N–H and O–H groups in total. The maximum atomic E-state index is 10.3. The first-order chi connectivity index (χ1) is 16.3. The molecule has 33 heavy (non-hydrogen) atoms. The van der Waals surface area contributed by atoms with Gasteiger partial charge in [0.2, 0.25) is 0 Å². The lowest BCUT2D eigenvalue weighted by Crippen LogP contribution is -2.17. The zero-order valence-corrected chi connectivity index (χ0v) is 19.2. The van der Waals surface area contributed by atoms with E-state index in [1.165, 1.54) is 0 Å². The Morgan fingerprint density at radius 3 is 1.09 bits per heavy atom. The molecule has 1 amide bonds. The third-order valence-electron chi connectivity index (χ3n) is 3.47. The molecule has 0 saturated carbocycles.